The topological polar surface area (TPSA) is 65.0 Å². The van der Waals surface area contributed by atoms with Gasteiger partial charge in [0.15, 0.2) is 11.4 Å². The molecule has 0 aromatic heterocycles. The minimum absolute atomic E-state index is 0.0214. The van der Waals surface area contributed by atoms with Crippen LogP contribution in [-0.2, 0) is 19.1 Å². The molecule has 7 heteroatoms. The molecule has 0 aliphatic carbocycles. The minimum atomic E-state index is -3.62. The van der Waals surface area contributed by atoms with Gasteiger partial charge >= 0.3 is 0 Å². The maximum atomic E-state index is 11.7. The van der Waals surface area contributed by atoms with Crippen LogP contribution in [0.5, 0.6) is 0 Å². The molecule has 1 aromatic carbocycles. The second kappa shape index (κ2) is 3.69. The van der Waals surface area contributed by atoms with E-state index in [-0.39, 0.29) is 6.61 Å². The first kappa shape index (κ1) is 11.0. The quantitative estimate of drug-likeness (QED) is 0.721. The summed E-state index contributed by atoms with van der Waals surface area (Å²) in [7, 11) is -3.62. The average Bonchev–Trinajstić information content (AvgIpc) is 2.83. The van der Waals surface area contributed by atoms with Gasteiger partial charge in [-0.05, 0) is 12.1 Å². The van der Waals surface area contributed by atoms with Crippen molar-refractivity contribution in [2.45, 2.75) is 11.4 Å². The lowest BCUT2D eigenvalue weighted by Crippen LogP contribution is -2.31. The van der Waals surface area contributed by atoms with Crippen molar-refractivity contribution in [1.82, 2.24) is 0 Å². The monoisotopic (exact) mass is 273 g/mol. The van der Waals surface area contributed by atoms with Crippen LogP contribution in [0.1, 0.15) is 5.56 Å². The first-order valence-electron chi connectivity index (χ1n) is 4.96. The van der Waals surface area contributed by atoms with Crippen molar-refractivity contribution in [2.24, 2.45) is 5.16 Å². The smallest absolute Gasteiger partial charge is 0.280 e. The molecule has 0 radical (unpaired) electrons. The first-order chi connectivity index (χ1) is 8.08. The van der Waals surface area contributed by atoms with Crippen LogP contribution in [0.25, 0.3) is 0 Å². The van der Waals surface area contributed by atoms with Crippen LogP contribution in [0.3, 0.4) is 0 Å². The number of hydrogen-bond donors (Lipinski definition) is 0. The third-order valence-corrected chi connectivity index (χ3v) is 4.61. The first-order valence-corrected chi connectivity index (χ1v) is 6.81. The SMILES string of the molecule is O=S1(=O)OC[C@H]2ON=C(c3ccc(Cl)cc3)[C@H]21. The van der Waals surface area contributed by atoms with Gasteiger partial charge in [-0.2, -0.15) is 8.42 Å². The van der Waals surface area contributed by atoms with E-state index in [0.717, 1.165) is 0 Å². The third kappa shape index (κ3) is 1.72. The lowest BCUT2D eigenvalue weighted by molar-refractivity contribution is 0.0683. The number of nitrogens with zero attached hydrogens (tertiary/aromatic N) is 1. The lowest BCUT2D eigenvalue weighted by atomic mass is 10.1. The Balaban J connectivity index is 2.02. The van der Waals surface area contributed by atoms with Crippen molar-refractivity contribution >= 4 is 27.4 Å². The highest BCUT2D eigenvalue weighted by molar-refractivity contribution is 7.88. The Morgan fingerprint density at radius 1 is 1.29 bits per heavy atom. The highest BCUT2D eigenvalue weighted by Gasteiger charge is 2.51. The summed E-state index contributed by atoms with van der Waals surface area (Å²) in [5.74, 6) is 0. The Hall–Kier alpha value is -1.11. The van der Waals surface area contributed by atoms with Gasteiger partial charge in [0.1, 0.15) is 12.3 Å². The molecule has 1 fully saturated rings. The molecule has 2 heterocycles. The molecule has 0 amide bonds. The van der Waals surface area contributed by atoms with Crippen molar-refractivity contribution in [2.75, 3.05) is 6.61 Å². The second-order valence-corrected chi connectivity index (χ2v) is 5.99. The Morgan fingerprint density at radius 3 is 2.71 bits per heavy atom. The Bertz CT molecular complexity index is 581. The fourth-order valence-corrected chi connectivity index (χ4v) is 3.47. The summed E-state index contributed by atoms with van der Waals surface area (Å²) < 4.78 is 28.1. The highest BCUT2D eigenvalue weighted by atomic mass is 35.5. The summed E-state index contributed by atoms with van der Waals surface area (Å²) in [6.07, 6.45) is -0.536. The van der Waals surface area contributed by atoms with E-state index >= 15 is 0 Å². The molecular weight excluding hydrogens is 266 g/mol. The largest absolute Gasteiger partial charge is 0.388 e. The van der Waals surface area contributed by atoms with Gasteiger partial charge in [-0.15, -0.1) is 0 Å². The van der Waals surface area contributed by atoms with Gasteiger partial charge < -0.3 is 4.84 Å². The van der Waals surface area contributed by atoms with Gasteiger partial charge in [-0.3, -0.25) is 4.18 Å². The molecule has 2 aliphatic heterocycles. The van der Waals surface area contributed by atoms with E-state index in [1.165, 1.54) is 0 Å². The number of benzene rings is 1. The molecule has 2 atom stereocenters. The molecule has 0 N–H and O–H groups in total. The van der Waals surface area contributed by atoms with E-state index < -0.39 is 21.5 Å². The molecule has 0 saturated carbocycles. The summed E-state index contributed by atoms with van der Waals surface area (Å²) >= 11 is 5.77. The average molecular weight is 274 g/mol. The summed E-state index contributed by atoms with van der Waals surface area (Å²) in [6.45, 7) is 0.0214. The molecule has 2 aliphatic rings. The molecule has 0 spiro atoms. The highest BCUT2D eigenvalue weighted by Crippen LogP contribution is 2.30. The Morgan fingerprint density at radius 2 is 2.00 bits per heavy atom. The maximum absolute atomic E-state index is 11.7. The number of rotatable bonds is 1. The molecule has 1 aromatic rings. The fraction of sp³-hybridized carbons (Fsp3) is 0.300. The van der Waals surface area contributed by atoms with E-state index in [1.54, 1.807) is 24.3 Å². The molecular formula is C10H8ClNO4S. The van der Waals surface area contributed by atoms with Crippen molar-refractivity contribution in [3.05, 3.63) is 34.9 Å². The summed E-state index contributed by atoms with van der Waals surface area (Å²) in [4.78, 5) is 5.06. The minimum Gasteiger partial charge on any atom is -0.388 e. The molecule has 90 valence electrons. The molecule has 0 bridgehead atoms. The number of fused-ring (bicyclic) bond motifs is 1. The van der Waals surface area contributed by atoms with E-state index in [9.17, 15) is 8.42 Å². The number of hydrogen-bond acceptors (Lipinski definition) is 5. The Kier molecular flexibility index (Phi) is 2.39. The van der Waals surface area contributed by atoms with E-state index in [2.05, 4.69) is 5.16 Å². The van der Waals surface area contributed by atoms with Gasteiger partial charge in [0.25, 0.3) is 10.1 Å². The maximum Gasteiger partial charge on any atom is 0.280 e. The number of halogens is 1. The van der Waals surface area contributed by atoms with E-state index in [1.807, 2.05) is 0 Å². The van der Waals surface area contributed by atoms with Crippen molar-refractivity contribution < 1.29 is 17.4 Å². The second-order valence-electron chi connectivity index (χ2n) is 3.83. The molecule has 1 saturated heterocycles. The van der Waals surface area contributed by atoms with Gasteiger partial charge in [0.2, 0.25) is 0 Å². The van der Waals surface area contributed by atoms with Gasteiger partial charge in [-0.25, -0.2) is 0 Å². The van der Waals surface area contributed by atoms with E-state index in [0.29, 0.717) is 16.3 Å². The van der Waals surface area contributed by atoms with Crippen LogP contribution in [0, 0.1) is 0 Å². The summed E-state index contributed by atoms with van der Waals surface area (Å²) in [5.41, 5.74) is 1.06. The van der Waals surface area contributed by atoms with Crippen LogP contribution in [0.4, 0.5) is 0 Å². The summed E-state index contributed by atoms with van der Waals surface area (Å²) in [5, 5.41) is 3.58. The third-order valence-electron chi connectivity index (χ3n) is 2.74. The van der Waals surface area contributed by atoms with Crippen LogP contribution in [0.15, 0.2) is 29.4 Å². The zero-order valence-corrected chi connectivity index (χ0v) is 10.1. The van der Waals surface area contributed by atoms with Crippen molar-refractivity contribution in [1.29, 1.82) is 0 Å². The molecule has 17 heavy (non-hydrogen) atoms. The molecule has 3 rings (SSSR count). The number of oxime groups is 1. The van der Waals surface area contributed by atoms with Crippen LogP contribution < -0.4 is 0 Å². The van der Waals surface area contributed by atoms with Gasteiger partial charge in [-0.1, -0.05) is 28.9 Å². The normalized spacial score (nSPS) is 29.6. The Labute approximate surface area is 103 Å². The zero-order valence-electron chi connectivity index (χ0n) is 8.54. The zero-order chi connectivity index (χ0) is 12.0. The predicted molar refractivity (Wildman–Crippen MR) is 61.5 cm³/mol. The van der Waals surface area contributed by atoms with Crippen LogP contribution in [0.2, 0.25) is 5.02 Å². The standard InChI is InChI=1S/C10H8ClNO4S/c11-7-3-1-6(2-4-7)9-10-8(16-12-9)5-15-17(10,13)14/h1-4,8,10H,5H2/t8-,10+/m1/s1. The molecule has 0 unspecified atom stereocenters. The van der Waals surface area contributed by atoms with Crippen LogP contribution in [-0.4, -0.2) is 32.1 Å². The fourth-order valence-electron chi connectivity index (χ4n) is 1.92. The van der Waals surface area contributed by atoms with Gasteiger partial charge in [0.05, 0.1) is 0 Å². The summed E-state index contributed by atoms with van der Waals surface area (Å²) in [6, 6.07) is 6.77. The van der Waals surface area contributed by atoms with E-state index in [4.69, 9.17) is 20.6 Å². The van der Waals surface area contributed by atoms with Crippen molar-refractivity contribution in [3.63, 3.8) is 0 Å². The van der Waals surface area contributed by atoms with Gasteiger partial charge in [0, 0.05) is 10.6 Å². The van der Waals surface area contributed by atoms with Crippen LogP contribution >= 0.6 is 11.6 Å². The molecule has 5 nitrogen and oxygen atoms in total. The lowest BCUT2D eigenvalue weighted by Gasteiger charge is -2.06. The van der Waals surface area contributed by atoms with Crippen molar-refractivity contribution in [3.8, 4) is 0 Å². The predicted octanol–water partition coefficient (Wildman–Crippen LogP) is 1.17.